The highest BCUT2D eigenvalue weighted by Gasteiger charge is 2.26. The smallest absolute Gasteiger partial charge is 0.224 e. The molecule has 4 heterocycles. The molecule has 3 aromatic heterocycles. The van der Waals surface area contributed by atoms with Crippen molar-refractivity contribution in [1.29, 1.82) is 0 Å². The average Bonchev–Trinajstić information content (AvgIpc) is 3.36. The van der Waals surface area contributed by atoms with Crippen LogP contribution in [-0.2, 0) is 11.3 Å². The molecule has 0 atom stereocenters. The van der Waals surface area contributed by atoms with Crippen molar-refractivity contribution in [3.63, 3.8) is 0 Å². The van der Waals surface area contributed by atoms with Crippen LogP contribution in [0.15, 0.2) is 43.0 Å². The van der Waals surface area contributed by atoms with Gasteiger partial charge in [0, 0.05) is 67.5 Å². The van der Waals surface area contributed by atoms with E-state index in [2.05, 4.69) is 20.3 Å². The number of likely N-dealkylation sites (tertiary alicyclic amines) is 1. The summed E-state index contributed by atoms with van der Waals surface area (Å²) >= 11 is 0. The maximum Gasteiger partial charge on any atom is 0.224 e. The first kappa shape index (κ1) is 17.5. The summed E-state index contributed by atoms with van der Waals surface area (Å²) in [5.41, 5.74) is 4.52. The minimum Gasteiger partial charge on any atom is -0.343 e. The van der Waals surface area contributed by atoms with Gasteiger partial charge in [-0.3, -0.25) is 19.6 Å². The molecule has 0 spiro atoms. The van der Waals surface area contributed by atoms with Gasteiger partial charge in [-0.2, -0.15) is 10.2 Å². The van der Waals surface area contributed by atoms with Crippen LogP contribution >= 0.6 is 0 Å². The lowest BCUT2D eigenvalue weighted by Gasteiger charge is -2.32. The Hall–Kier alpha value is -2.96. The molecule has 0 saturated carbocycles. The highest BCUT2D eigenvalue weighted by molar-refractivity contribution is 5.76. The fraction of sp³-hybridized carbons (Fsp3) is 0.400. The van der Waals surface area contributed by atoms with Gasteiger partial charge < -0.3 is 4.90 Å². The first-order valence-corrected chi connectivity index (χ1v) is 9.42. The maximum atomic E-state index is 12.5. The number of carbonyl (C=O) groups is 1. The molecule has 7 nitrogen and oxygen atoms in total. The molecule has 140 valence electrons. The third kappa shape index (κ3) is 3.77. The number of hydrogen-bond acceptors (Lipinski definition) is 4. The number of aryl methyl sites for hydroxylation is 2. The van der Waals surface area contributed by atoms with Crippen LogP contribution in [0.2, 0.25) is 0 Å². The summed E-state index contributed by atoms with van der Waals surface area (Å²) in [6, 6.07) is 5.97. The number of aromatic amines is 1. The topological polar surface area (TPSA) is 79.7 Å². The Kier molecular flexibility index (Phi) is 5.00. The Bertz CT molecular complexity index is 892. The fourth-order valence-electron chi connectivity index (χ4n) is 3.78. The molecule has 0 radical (unpaired) electrons. The zero-order chi connectivity index (χ0) is 18.6. The van der Waals surface area contributed by atoms with Crippen LogP contribution in [-0.4, -0.2) is 48.9 Å². The van der Waals surface area contributed by atoms with E-state index in [-0.39, 0.29) is 5.91 Å². The molecule has 3 aromatic rings. The molecule has 0 aliphatic carbocycles. The van der Waals surface area contributed by atoms with Crippen LogP contribution in [0.4, 0.5) is 0 Å². The van der Waals surface area contributed by atoms with E-state index in [4.69, 9.17) is 0 Å². The van der Waals surface area contributed by atoms with E-state index in [1.165, 1.54) is 5.69 Å². The highest BCUT2D eigenvalue weighted by Crippen LogP contribution is 2.33. The lowest BCUT2D eigenvalue weighted by Crippen LogP contribution is -2.38. The Balaban J connectivity index is 1.35. The number of H-pyrrole nitrogens is 1. The van der Waals surface area contributed by atoms with Crippen LogP contribution in [0, 0.1) is 6.92 Å². The molecule has 1 N–H and O–H groups in total. The van der Waals surface area contributed by atoms with E-state index in [1.54, 1.807) is 18.6 Å². The number of amides is 1. The zero-order valence-corrected chi connectivity index (χ0v) is 15.5. The predicted octanol–water partition coefficient (Wildman–Crippen LogP) is 2.77. The second kappa shape index (κ2) is 7.73. The van der Waals surface area contributed by atoms with Crippen molar-refractivity contribution in [2.24, 2.45) is 0 Å². The zero-order valence-electron chi connectivity index (χ0n) is 15.5. The minimum absolute atomic E-state index is 0.210. The van der Waals surface area contributed by atoms with Gasteiger partial charge in [-0.05, 0) is 43.5 Å². The van der Waals surface area contributed by atoms with Gasteiger partial charge in [0.25, 0.3) is 0 Å². The van der Waals surface area contributed by atoms with E-state index >= 15 is 0 Å². The van der Waals surface area contributed by atoms with Gasteiger partial charge in [-0.25, -0.2) is 0 Å². The first-order chi connectivity index (χ1) is 13.2. The van der Waals surface area contributed by atoms with Crippen molar-refractivity contribution in [1.82, 2.24) is 29.9 Å². The van der Waals surface area contributed by atoms with Crippen molar-refractivity contribution in [3.8, 4) is 11.1 Å². The first-order valence-electron chi connectivity index (χ1n) is 9.42. The maximum absolute atomic E-state index is 12.5. The summed E-state index contributed by atoms with van der Waals surface area (Å²) in [5.74, 6) is 0.607. The van der Waals surface area contributed by atoms with Gasteiger partial charge in [-0.15, -0.1) is 0 Å². The molecule has 1 fully saturated rings. The average molecular weight is 364 g/mol. The number of nitrogens with zero attached hydrogens (tertiary/aromatic N) is 5. The van der Waals surface area contributed by atoms with Crippen LogP contribution < -0.4 is 0 Å². The van der Waals surface area contributed by atoms with Crippen LogP contribution in [0.3, 0.4) is 0 Å². The second-order valence-electron chi connectivity index (χ2n) is 7.03. The van der Waals surface area contributed by atoms with Crippen LogP contribution in [0.25, 0.3) is 11.1 Å². The molecule has 7 heteroatoms. The van der Waals surface area contributed by atoms with Crippen LogP contribution in [0.5, 0.6) is 0 Å². The van der Waals surface area contributed by atoms with E-state index < -0.39 is 0 Å². The summed E-state index contributed by atoms with van der Waals surface area (Å²) < 4.78 is 1.89. The van der Waals surface area contributed by atoms with Gasteiger partial charge in [0.2, 0.25) is 5.91 Å². The van der Waals surface area contributed by atoms with Gasteiger partial charge >= 0.3 is 0 Å². The molecule has 1 aliphatic rings. The summed E-state index contributed by atoms with van der Waals surface area (Å²) in [5, 5.41) is 11.7. The van der Waals surface area contributed by atoms with Crippen molar-refractivity contribution in [2.75, 3.05) is 13.1 Å². The van der Waals surface area contributed by atoms with E-state index in [9.17, 15) is 4.79 Å². The number of rotatable bonds is 5. The monoisotopic (exact) mass is 364 g/mol. The van der Waals surface area contributed by atoms with Crippen molar-refractivity contribution in [3.05, 3.63) is 54.4 Å². The number of piperidine rings is 1. The molecule has 1 amide bonds. The summed E-state index contributed by atoms with van der Waals surface area (Å²) in [6.45, 7) is 4.23. The lowest BCUT2D eigenvalue weighted by atomic mass is 9.89. The molecular weight excluding hydrogens is 340 g/mol. The highest BCUT2D eigenvalue weighted by atomic mass is 16.2. The molecule has 1 aliphatic heterocycles. The SMILES string of the molecule is Cc1ccnn1CCC(=O)N1CCC(c2[nH]ncc2-c2ccncc2)CC1. The van der Waals surface area contributed by atoms with Gasteiger partial charge in [0.15, 0.2) is 0 Å². The molecular formula is C20H24N6O. The van der Waals surface area contributed by atoms with Crippen LogP contribution in [0.1, 0.15) is 36.6 Å². The summed E-state index contributed by atoms with van der Waals surface area (Å²) in [4.78, 5) is 18.6. The van der Waals surface area contributed by atoms with E-state index in [0.29, 0.717) is 18.9 Å². The number of carbonyl (C=O) groups excluding carboxylic acids is 1. The van der Waals surface area contributed by atoms with E-state index in [0.717, 1.165) is 42.8 Å². The van der Waals surface area contributed by atoms with Gasteiger partial charge in [0.05, 0.1) is 6.20 Å². The lowest BCUT2D eigenvalue weighted by molar-refractivity contribution is -0.132. The molecule has 0 aromatic carbocycles. The molecule has 4 rings (SSSR count). The fourth-order valence-corrected chi connectivity index (χ4v) is 3.78. The predicted molar refractivity (Wildman–Crippen MR) is 102 cm³/mol. The normalized spacial score (nSPS) is 15.2. The Morgan fingerprint density at radius 3 is 2.67 bits per heavy atom. The Morgan fingerprint density at radius 1 is 1.19 bits per heavy atom. The standard InChI is InChI=1S/C20H24N6O/c1-15-2-10-23-26(15)13-7-19(27)25-11-5-17(6-12-25)20-18(14-22-24-20)16-3-8-21-9-4-16/h2-4,8-10,14,17H,5-7,11-13H2,1H3,(H,22,24). The quantitative estimate of drug-likeness (QED) is 0.755. The molecule has 27 heavy (non-hydrogen) atoms. The Labute approximate surface area is 158 Å². The summed E-state index contributed by atoms with van der Waals surface area (Å²) in [7, 11) is 0. The number of pyridine rings is 1. The summed E-state index contributed by atoms with van der Waals surface area (Å²) in [6.07, 6.45) is 9.66. The third-order valence-corrected chi connectivity index (χ3v) is 5.38. The largest absolute Gasteiger partial charge is 0.343 e. The third-order valence-electron chi connectivity index (χ3n) is 5.38. The van der Waals surface area contributed by atoms with Crippen molar-refractivity contribution < 1.29 is 4.79 Å². The number of hydrogen-bond donors (Lipinski definition) is 1. The van der Waals surface area contributed by atoms with E-state index in [1.807, 2.05) is 40.9 Å². The molecule has 1 saturated heterocycles. The Morgan fingerprint density at radius 2 is 1.96 bits per heavy atom. The molecule has 0 bridgehead atoms. The number of aromatic nitrogens is 5. The van der Waals surface area contributed by atoms with Crippen molar-refractivity contribution in [2.45, 2.75) is 38.6 Å². The van der Waals surface area contributed by atoms with Gasteiger partial charge in [0.1, 0.15) is 0 Å². The van der Waals surface area contributed by atoms with Gasteiger partial charge in [-0.1, -0.05) is 0 Å². The minimum atomic E-state index is 0.210. The second-order valence-corrected chi connectivity index (χ2v) is 7.03. The van der Waals surface area contributed by atoms with Crippen molar-refractivity contribution >= 4 is 5.91 Å². The molecule has 0 unspecified atom stereocenters. The number of nitrogens with one attached hydrogen (secondary N) is 1.